The highest BCUT2D eigenvalue weighted by molar-refractivity contribution is 6.51. The first-order valence-electron chi connectivity index (χ1n) is 11.5. The maximum absolute atomic E-state index is 13.5. The van der Waals surface area contributed by atoms with E-state index < -0.39 is 23.5 Å². The van der Waals surface area contributed by atoms with Crippen LogP contribution in [0.4, 0.5) is 11.4 Å². The van der Waals surface area contributed by atoms with Crippen molar-refractivity contribution in [1.29, 1.82) is 0 Å². The largest absolute Gasteiger partial charge is 0.506 e. The summed E-state index contributed by atoms with van der Waals surface area (Å²) >= 11 is 0. The zero-order valence-electron chi connectivity index (χ0n) is 20.8. The number of carbonyl (C=O) groups excluding carboxylic acids is 2. The fourth-order valence-corrected chi connectivity index (χ4v) is 4.62. The molecule has 2 aliphatic rings. The van der Waals surface area contributed by atoms with Gasteiger partial charge in [-0.3, -0.25) is 14.5 Å². The van der Waals surface area contributed by atoms with Crippen LogP contribution in [0.3, 0.4) is 0 Å². The number of amides is 1. The lowest BCUT2D eigenvalue weighted by atomic mass is 9.94. The van der Waals surface area contributed by atoms with Gasteiger partial charge in [0.05, 0.1) is 25.8 Å². The summed E-state index contributed by atoms with van der Waals surface area (Å²) in [5.74, 6) is -0.391. The number of aliphatic hydroxyl groups is 1. The van der Waals surface area contributed by atoms with Gasteiger partial charge in [-0.05, 0) is 42.0 Å². The monoisotopic (exact) mass is 502 g/mol. The Morgan fingerprint density at radius 2 is 1.59 bits per heavy atom. The zero-order chi connectivity index (χ0) is 26.3. The van der Waals surface area contributed by atoms with Crippen LogP contribution in [-0.4, -0.2) is 51.9 Å². The SMILES string of the molecule is COc1cccc(OC)c1/C(O)=C1\C(=O)C(=O)N(c2ccc3c(c2)OCO3)C1c1ccc(N(C)C)cc1. The summed E-state index contributed by atoms with van der Waals surface area (Å²) in [6.45, 7) is 0.0701. The van der Waals surface area contributed by atoms with Crippen molar-refractivity contribution in [2.75, 3.05) is 44.9 Å². The molecule has 0 spiro atoms. The molecule has 9 nitrogen and oxygen atoms in total. The Morgan fingerprint density at radius 3 is 2.22 bits per heavy atom. The predicted octanol–water partition coefficient (Wildman–Crippen LogP) is 4.12. The number of aliphatic hydroxyl groups excluding tert-OH is 1. The average molecular weight is 503 g/mol. The number of benzene rings is 3. The minimum Gasteiger partial charge on any atom is -0.506 e. The number of nitrogens with zero attached hydrogens (tertiary/aromatic N) is 2. The molecule has 2 heterocycles. The topological polar surface area (TPSA) is 97.8 Å². The number of ether oxygens (including phenoxy) is 4. The van der Waals surface area contributed by atoms with E-state index in [0.29, 0.717) is 34.2 Å². The van der Waals surface area contributed by atoms with Crippen molar-refractivity contribution in [1.82, 2.24) is 0 Å². The van der Waals surface area contributed by atoms with E-state index in [9.17, 15) is 14.7 Å². The Kier molecular flexibility index (Phi) is 6.12. The van der Waals surface area contributed by atoms with E-state index in [1.807, 2.05) is 43.3 Å². The van der Waals surface area contributed by atoms with Crippen LogP contribution in [0.5, 0.6) is 23.0 Å². The van der Waals surface area contributed by atoms with Crippen molar-refractivity contribution in [3.05, 3.63) is 77.4 Å². The molecule has 3 aromatic rings. The van der Waals surface area contributed by atoms with Crippen LogP contribution in [-0.2, 0) is 9.59 Å². The third-order valence-corrected chi connectivity index (χ3v) is 6.47. The van der Waals surface area contributed by atoms with Gasteiger partial charge in [0, 0.05) is 31.5 Å². The van der Waals surface area contributed by atoms with E-state index in [2.05, 4.69) is 0 Å². The molecule has 5 rings (SSSR count). The van der Waals surface area contributed by atoms with Crippen molar-refractivity contribution in [2.24, 2.45) is 0 Å². The number of fused-ring (bicyclic) bond motifs is 1. The van der Waals surface area contributed by atoms with E-state index >= 15 is 0 Å². The van der Waals surface area contributed by atoms with Crippen molar-refractivity contribution in [3.8, 4) is 23.0 Å². The summed E-state index contributed by atoms with van der Waals surface area (Å²) in [7, 11) is 6.74. The first kappa shape index (κ1) is 24.1. The molecule has 1 amide bonds. The standard InChI is InChI=1S/C28H26N2O7/c1-29(2)17-10-8-16(9-11-17)25-24(26(31)23-20(34-3)6-5-7-21(23)35-4)27(32)28(33)30(25)18-12-13-19-22(14-18)37-15-36-19/h5-14,25,31H,15H2,1-4H3/b26-24+. The van der Waals surface area contributed by atoms with Crippen molar-refractivity contribution < 1.29 is 33.6 Å². The molecule has 0 saturated carbocycles. The number of hydrogen-bond donors (Lipinski definition) is 1. The molecular formula is C28H26N2O7. The van der Waals surface area contributed by atoms with E-state index in [-0.39, 0.29) is 17.9 Å². The smallest absolute Gasteiger partial charge is 0.300 e. The lowest BCUT2D eigenvalue weighted by molar-refractivity contribution is -0.132. The first-order chi connectivity index (χ1) is 17.8. The van der Waals surface area contributed by atoms with Gasteiger partial charge in [-0.25, -0.2) is 0 Å². The fraction of sp³-hybridized carbons (Fsp3) is 0.214. The Balaban J connectivity index is 1.74. The highest BCUT2D eigenvalue weighted by Gasteiger charge is 2.47. The second-order valence-electron chi connectivity index (χ2n) is 8.73. The number of rotatable bonds is 6. The van der Waals surface area contributed by atoms with Crippen LogP contribution >= 0.6 is 0 Å². The molecule has 2 aliphatic heterocycles. The quantitative estimate of drug-likeness (QED) is 0.305. The number of Topliss-reactive ketones (excluding diaryl/α,β-unsaturated/α-hetero) is 1. The van der Waals surface area contributed by atoms with E-state index in [0.717, 1.165) is 5.69 Å². The molecule has 37 heavy (non-hydrogen) atoms. The van der Waals surface area contributed by atoms with Gasteiger partial charge in [0.1, 0.15) is 22.8 Å². The Hall–Kier alpha value is -4.66. The lowest BCUT2D eigenvalue weighted by Gasteiger charge is -2.26. The predicted molar refractivity (Wildman–Crippen MR) is 138 cm³/mol. The van der Waals surface area contributed by atoms with Crippen molar-refractivity contribution in [3.63, 3.8) is 0 Å². The Labute approximate surface area is 214 Å². The highest BCUT2D eigenvalue weighted by atomic mass is 16.7. The van der Waals surface area contributed by atoms with E-state index in [1.54, 1.807) is 36.4 Å². The van der Waals surface area contributed by atoms with Crippen LogP contribution in [0.15, 0.2) is 66.2 Å². The Morgan fingerprint density at radius 1 is 0.946 bits per heavy atom. The second-order valence-corrected chi connectivity index (χ2v) is 8.73. The molecule has 0 aromatic heterocycles. The molecule has 1 saturated heterocycles. The Bertz CT molecular complexity index is 1390. The van der Waals surface area contributed by atoms with Crippen molar-refractivity contribution in [2.45, 2.75) is 6.04 Å². The molecule has 1 unspecified atom stereocenters. The minimum atomic E-state index is -0.925. The summed E-state index contributed by atoms with van der Waals surface area (Å²) in [6.07, 6.45) is 0. The summed E-state index contributed by atoms with van der Waals surface area (Å²) in [5.41, 5.74) is 2.11. The number of carbonyl (C=O) groups is 2. The molecule has 1 fully saturated rings. The number of ketones is 1. The van der Waals surface area contributed by atoms with Crippen LogP contribution in [0.25, 0.3) is 5.76 Å². The maximum atomic E-state index is 13.5. The normalized spacial score (nSPS) is 17.7. The van der Waals surface area contributed by atoms with Gasteiger partial charge in [-0.15, -0.1) is 0 Å². The van der Waals surface area contributed by atoms with Gasteiger partial charge in [-0.2, -0.15) is 0 Å². The van der Waals surface area contributed by atoms with E-state index in [1.165, 1.54) is 19.1 Å². The second kappa shape index (κ2) is 9.42. The lowest BCUT2D eigenvalue weighted by Crippen LogP contribution is -2.29. The van der Waals surface area contributed by atoms with E-state index in [4.69, 9.17) is 18.9 Å². The minimum absolute atomic E-state index is 0.0701. The van der Waals surface area contributed by atoms with Gasteiger partial charge in [-0.1, -0.05) is 18.2 Å². The molecular weight excluding hydrogens is 476 g/mol. The molecule has 0 aliphatic carbocycles. The number of anilines is 2. The molecule has 1 N–H and O–H groups in total. The summed E-state index contributed by atoms with van der Waals surface area (Å²) < 4.78 is 21.8. The van der Waals surface area contributed by atoms with Gasteiger partial charge in [0.2, 0.25) is 6.79 Å². The van der Waals surface area contributed by atoms with Crippen LogP contribution in [0.1, 0.15) is 17.2 Å². The zero-order valence-corrected chi connectivity index (χ0v) is 20.8. The maximum Gasteiger partial charge on any atom is 0.300 e. The summed E-state index contributed by atoms with van der Waals surface area (Å²) in [4.78, 5) is 30.4. The summed E-state index contributed by atoms with van der Waals surface area (Å²) in [5, 5.41) is 11.6. The average Bonchev–Trinajstić information content (AvgIpc) is 3.49. The highest BCUT2D eigenvalue weighted by Crippen LogP contribution is 2.47. The van der Waals surface area contributed by atoms with Crippen LogP contribution in [0, 0.1) is 0 Å². The van der Waals surface area contributed by atoms with Crippen molar-refractivity contribution >= 4 is 28.8 Å². The number of hydrogen-bond acceptors (Lipinski definition) is 8. The summed E-state index contributed by atoms with van der Waals surface area (Å²) in [6, 6.07) is 16.5. The van der Waals surface area contributed by atoms with Crippen LogP contribution < -0.4 is 28.7 Å². The fourth-order valence-electron chi connectivity index (χ4n) is 4.62. The molecule has 1 atom stereocenters. The third-order valence-electron chi connectivity index (χ3n) is 6.47. The molecule has 190 valence electrons. The first-order valence-corrected chi connectivity index (χ1v) is 11.5. The molecule has 9 heteroatoms. The van der Waals surface area contributed by atoms with Gasteiger partial charge in [0.25, 0.3) is 11.7 Å². The molecule has 0 radical (unpaired) electrons. The molecule has 0 bridgehead atoms. The van der Waals surface area contributed by atoms with Gasteiger partial charge in [0.15, 0.2) is 11.5 Å². The van der Waals surface area contributed by atoms with Gasteiger partial charge < -0.3 is 29.0 Å². The van der Waals surface area contributed by atoms with Gasteiger partial charge >= 0.3 is 0 Å². The molecule has 3 aromatic carbocycles. The third kappa shape index (κ3) is 3.98. The number of methoxy groups -OCH3 is 2. The van der Waals surface area contributed by atoms with Crippen LogP contribution in [0.2, 0.25) is 0 Å².